The third-order valence-electron chi connectivity index (χ3n) is 1.98. The zero-order valence-corrected chi connectivity index (χ0v) is 10.8. The minimum atomic E-state index is 0.842. The van der Waals surface area contributed by atoms with Crippen LogP contribution in [-0.4, -0.2) is 0 Å². The summed E-state index contributed by atoms with van der Waals surface area (Å²) in [6.07, 6.45) is 5.65. The van der Waals surface area contributed by atoms with Gasteiger partial charge in [0.2, 0.25) is 0 Å². The van der Waals surface area contributed by atoms with Gasteiger partial charge >= 0.3 is 0 Å². The van der Waals surface area contributed by atoms with Crippen LogP contribution in [0, 0.1) is 0 Å². The second-order valence-corrected chi connectivity index (χ2v) is 3.61. The summed E-state index contributed by atoms with van der Waals surface area (Å²) in [4.78, 5) is 0. The lowest BCUT2D eigenvalue weighted by atomic mass is 10.0. The van der Waals surface area contributed by atoms with Crippen molar-refractivity contribution in [3.63, 3.8) is 0 Å². The Hall–Kier alpha value is -1.03. The number of hydrogen-bond donors (Lipinski definition) is 0. The summed E-state index contributed by atoms with van der Waals surface area (Å²) in [6.45, 7) is 9.58. The Bertz CT molecular complexity index is 405. The van der Waals surface area contributed by atoms with E-state index in [9.17, 15) is 0 Å². The Morgan fingerprint density at radius 1 is 1.47 bits per heavy atom. The van der Waals surface area contributed by atoms with Crippen molar-refractivity contribution in [2.24, 2.45) is 0 Å². The first-order chi connectivity index (χ1) is 7.20. The van der Waals surface area contributed by atoms with Gasteiger partial charge in [-0.25, -0.2) is 0 Å². The van der Waals surface area contributed by atoms with E-state index in [0.717, 1.165) is 22.4 Å². The summed E-state index contributed by atoms with van der Waals surface area (Å²) < 4.78 is 5.28. The van der Waals surface area contributed by atoms with Gasteiger partial charge in [-0.3, -0.25) is 0 Å². The van der Waals surface area contributed by atoms with Gasteiger partial charge < -0.3 is 3.07 Å². The molecule has 0 N–H and O–H groups in total. The second kappa shape index (κ2) is 5.75. The van der Waals surface area contributed by atoms with E-state index < -0.39 is 0 Å². The average Bonchev–Trinajstić information content (AvgIpc) is 2.25. The van der Waals surface area contributed by atoms with Crippen molar-refractivity contribution < 1.29 is 3.07 Å². The zero-order valence-electron chi connectivity index (χ0n) is 8.66. The van der Waals surface area contributed by atoms with E-state index in [0.29, 0.717) is 0 Å². The van der Waals surface area contributed by atoms with Gasteiger partial charge in [0, 0.05) is 5.56 Å². The van der Waals surface area contributed by atoms with Crippen molar-refractivity contribution in [3.8, 4) is 5.75 Å². The third-order valence-corrected chi connectivity index (χ3v) is 2.45. The third kappa shape index (κ3) is 2.96. The van der Waals surface area contributed by atoms with Gasteiger partial charge in [-0.15, -0.1) is 0 Å². The molecule has 15 heavy (non-hydrogen) atoms. The van der Waals surface area contributed by atoms with Crippen LogP contribution in [0.25, 0.3) is 11.6 Å². The summed E-state index contributed by atoms with van der Waals surface area (Å²) in [5.41, 5.74) is 3.13. The summed E-state index contributed by atoms with van der Waals surface area (Å²) in [5.74, 6) is 0.842. The van der Waals surface area contributed by atoms with Crippen LogP contribution in [0.4, 0.5) is 0 Å². The molecule has 0 bridgehead atoms. The number of hydrogen-bond acceptors (Lipinski definition) is 1. The predicted molar refractivity (Wildman–Crippen MR) is 75.0 cm³/mol. The Balaban J connectivity index is 3.31. The molecule has 0 saturated heterocycles. The summed E-state index contributed by atoms with van der Waals surface area (Å²) in [6, 6.07) is 5.92. The molecule has 0 aliphatic heterocycles. The first-order valence-electron chi connectivity index (χ1n) is 4.57. The molecule has 1 rings (SSSR count). The van der Waals surface area contributed by atoms with Gasteiger partial charge in [-0.1, -0.05) is 43.5 Å². The highest BCUT2D eigenvalue weighted by atomic mass is 127. The van der Waals surface area contributed by atoms with Crippen molar-refractivity contribution in [3.05, 3.63) is 54.6 Å². The topological polar surface area (TPSA) is 9.23 Å². The minimum Gasteiger partial charge on any atom is -0.427 e. The molecule has 0 spiro atoms. The van der Waals surface area contributed by atoms with Crippen LogP contribution in [-0.2, 0) is 0 Å². The van der Waals surface area contributed by atoms with Crippen LogP contribution in [0.1, 0.15) is 18.1 Å². The maximum absolute atomic E-state index is 5.28. The van der Waals surface area contributed by atoms with Crippen molar-refractivity contribution in [2.45, 2.75) is 6.92 Å². The molecule has 1 aromatic carbocycles. The van der Waals surface area contributed by atoms with E-state index in [4.69, 9.17) is 3.07 Å². The summed E-state index contributed by atoms with van der Waals surface area (Å²) in [7, 11) is 0. The Morgan fingerprint density at radius 2 is 2.20 bits per heavy atom. The smallest absolute Gasteiger partial charge is 0.192 e. The van der Waals surface area contributed by atoms with E-state index in [-0.39, 0.29) is 0 Å². The van der Waals surface area contributed by atoms with Crippen LogP contribution in [0.5, 0.6) is 5.75 Å². The van der Waals surface area contributed by atoms with Gasteiger partial charge in [0.15, 0.2) is 23.0 Å². The molecule has 78 valence electrons. The molecular weight excluding hydrogens is 299 g/mol. The summed E-state index contributed by atoms with van der Waals surface area (Å²) >= 11 is 1.88. The second-order valence-electron chi connectivity index (χ2n) is 3.17. The molecule has 2 heteroatoms. The Morgan fingerprint density at radius 3 is 2.73 bits per heavy atom. The monoisotopic (exact) mass is 312 g/mol. The van der Waals surface area contributed by atoms with E-state index in [1.54, 1.807) is 6.08 Å². The number of rotatable bonds is 4. The first-order valence-corrected chi connectivity index (χ1v) is 5.45. The molecule has 0 radical (unpaired) electrons. The lowest BCUT2D eigenvalue weighted by Crippen LogP contribution is -1.88. The van der Waals surface area contributed by atoms with Crippen molar-refractivity contribution in [2.75, 3.05) is 0 Å². The van der Waals surface area contributed by atoms with Gasteiger partial charge in [-0.2, -0.15) is 0 Å². The highest BCUT2D eigenvalue weighted by Crippen LogP contribution is 2.30. The van der Waals surface area contributed by atoms with Crippen molar-refractivity contribution in [1.29, 1.82) is 0 Å². The van der Waals surface area contributed by atoms with Gasteiger partial charge in [0.05, 0.1) is 0 Å². The van der Waals surface area contributed by atoms with Gasteiger partial charge in [0.1, 0.15) is 5.75 Å². The molecule has 0 fully saturated rings. The Labute approximate surface area is 105 Å². The molecule has 1 aromatic rings. The SMILES string of the molecule is C=C/C=C\c1cccc(OI)c1C(=C)C. The van der Waals surface area contributed by atoms with Crippen LogP contribution >= 0.6 is 23.0 Å². The van der Waals surface area contributed by atoms with Crippen LogP contribution < -0.4 is 3.07 Å². The fourth-order valence-electron chi connectivity index (χ4n) is 1.38. The average molecular weight is 312 g/mol. The standard InChI is InChI=1S/C13H13IO/c1-4-5-7-11-8-6-9-12(15-14)13(11)10(2)3/h4-9H,1-2H2,3H3/b7-5-. The molecular formula is C13H13IO. The normalized spacial score (nSPS) is 10.3. The highest BCUT2D eigenvalue weighted by molar-refractivity contribution is 14.1. The van der Waals surface area contributed by atoms with E-state index in [2.05, 4.69) is 13.2 Å². The largest absolute Gasteiger partial charge is 0.427 e. The lowest BCUT2D eigenvalue weighted by molar-refractivity contribution is 0.713. The highest BCUT2D eigenvalue weighted by Gasteiger charge is 2.07. The first kappa shape index (κ1) is 12.0. The van der Waals surface area contributed by atoms with E-state index in [1.807, 2.05) is 60.3 Å². The molecule has 0 aromatic heterocycles. The Kier molecular flexibility index (Phi) is 4.62. The quantitative estimate of drug-likeness (QED) is 0.581. The summed E-state index contributed by atoms with van der Waals surface area (Å²) in [5, 5.41) is 0. The molecule has 0 unspecified atom stereocenters. The molecule has 0 amide bonds. The number of halogens is 1. The molecule has 1 nitrogen and oxygen atoms in total. The molecule has 0 heterocycles. The van der Waals surface area contributed by atoms with Crippen LogP contribution in [0.2, 0.25) is 0 Å². The number of allylic oxidation sites excluding steroid dienone is 3. The number of benzene rings is 1. The fraction of sp³-hybridized carbons (Fsp3) is 0.0769. The fourth-order valence-corrected chi connectivity index (χ4v) is 1.75. The zero-order chi connectivity index (χ0) is 11.3. The van der Waals surface area contributed by atoms with Gasteiger partial charge in [-0.05, 0) is 24.1 Å². The molecule has 0 atom stereocenters. The molecule has 0 aliphatic rings. The van der Waals surface area contributed by atoms with Crippen molar-refractivity contribution >= 4 is 34.7 Å². The van der Waals surface area contributed by atoms with Crippen LogP contribution in [0.15, 0.2) is 43.5 Å². The molecule has 0 saturated carbocycles. The molecule has 0 aliphatic carbocycles. The lowest BCUT2D eigenvalue weighted by Gasteiger charge is -2.09. The maximum atomic E-state index is 5.28. The minimum absolute atomic E-state index is 0.842. The maximum Gasteiger partial charge on any atom is 0.192 e. The van der Waals surface area contributed by atoms with Crippen LogP contribution in [0.3, 0.4) is 0 Å². The van der Waals surface area contributed by atoms with Crippen molar-refractivity contribution in [1.82, 2.24) is 0 Å². The van der Waals surface area contributed by atoms with E-state index >= 15 is 0 Å². The van der Waals surface area contributed by atoms with E-state index in [1.165, 1.54) is 0 Å². The van der Waals surface area contributed by atoms with Gasteiger partial charge in [0.25, 0.3) is 0 Å². The predicted octanol–water partition coefficient (Wildman–Crippen LogP) is 4.65.